The summed E-state index contributed by atoms with van der Waals surface area (Å²) in [5, 5.41) is 10.4. The molecule has 1 aliphatic carbocycles. The monoisotopic (exact) mass is 266 g/mol. The second kappa shape index (κ2) is 6.68. The van der Waals surface area contributed by atoms with E-state index in [-0.39, 0.29) is 11.9 Å². The molecule has 1 unspecified atom stereocenters. The lowest BCUT2D eigenvalue weighted by molar-refractivity contribution is -0.121. The highest BCUT2D eigenvalue weighted by Gasteiger charge is 2.24. The van der Waals surface area contributed by atoms with Gasteiger partial charge in [0.25, 0.3) is 0 Å². The molecule has 0 radical (unpaired) electrons. The number of rotatable bonds is 6. The minimum Gasteiger partial charge on any atom is -0.383 e. The van der Waals surface area contributed by atoms with E-state index in [1.54, 1.807) is 7.11 Å². The Morgan fingerprint density at radius 2 is 2.47 bits per heavy atom. The Morgan fingerprint density at radius 3 is 3.26 bits per heavy atom. The van der Waals surface area contributed by atoms with Crippen LogP contribution in [-0.2, 0) is 23.0 Å². The highest BCUT2D eigenvalue weighted by Crippen LogP contribution is 2.28. The van der Waals surface area contributed by atoms with Crippen molar-refractivity contribution >= 4 is 5.91 Å². The molecule has 1 aromatic heterocycles. The van der Waals surface area contributed by atoms with E-state index in [4.69, 9.17) is 4.74 Å². The van der Waals surface area contributed by atoms with E-state index in [1.165, 1.54) is 11.3 Å². The van der Waals surface area contributed by atoms with Crippen molar-refractivity contribution in [3.8, 4) is 0 Å². The highest BCUT2D eigenvalue weighted by molar-refractivity contribution is 5.78. The topological polar surface area (TPSA) is 68.2 Å². The van der Waals surface area contributed by atoms with E-state index >= 15 is 0 Å². The van der Waals surface area contributed by atoms with E-state index in [0.29, 0.717) is 19.7 Å². The molecular weight excluding hydrogens is 244 g/mol. The zero-order valence-corrected chi connectivity index (χ0v) is 11.6. The standard InChI is InChI=1S/C13H22N4O2/c1-17-12-5-3-4-11(10(12)8-15-17)16-13(18)9-14-6-7-19-2/h8,11,14H,3-7,9H2,1-2H3,(H,16,18). The van der Waals surface area contributed by atoms with Crippen molar-refractivity contribution in [1.29, 1.82) is 0 Å². The molecule has 0 aliphatic heterocycles. The Kier molecular flexibility index (Phi) is 4.93. The quantitative estimate of drug-likeness (QED) is 0.719. The summed E-state index contributed by atoms with van der Waals surface area (Å²) in [4.78, 5) is 11.8. The summed E-state index contributed by atoms with van der Waals surface area (Å²) in [5.41, 5.74) is 2.41. The Morgan fingerprint density at radius 1 is 1.63 bits per heavy atom. The maximum Gasteiger partial charge on any atom is 0.234 e. The fourth-order valence-electron chi connectivity index (χ4n) is 2.48. The average molecular weight is 266 g/mol. The van der Waals surface area contributed by atoms with Gasteiger partial charge in [-0.05, 0) is 19.3 Å². The first-order chi connectivity index (χ1) is 9.22. The molecule has 0 saturated heterocycles. The van der Waals surface area contributed by atoms with Gasteiger partial charge in [0.05, 0.1) is 25.4 Å². The first-order valence-corrected chi connectivity index (χ1v) is 6.72. The molecule has 6 nitrogen and oxygen atoms in total. The summed E-state index contributed by atoms with van der Waals surface area (Å²) in [6, 6.07) is 0.106. The number of aryl methyl sites for hydroxylation is 1. The fraction of sp³-hybridized carbons (Fsp3) is 0.692. The van der Waals surface area contributed by atoms with Gasteiger partial charge in [-0.1, -0.05) is 0 Å². The molecule has 0 fully saturated rings. The lowest BCUT2D eigenvalue weighted by Gasteiger charge is -2.23. The molecule has 106 valence electrons. The summed E-state index contributed by atoms with van der Waals surface area (Å²) in [6.07, 6.45) is 5.00. The molecule has 1 heterocycles. The van der Waals surface area contributed by atoms with Gasteiger partial charge >= 0.3 is 0 Å². The van der Waals surface area contributed by atoms with Gasteiger partial charge in [0, 0.05) is 32.0 Å². The van der Waals surface area contributed by atoms with Gasteiger partial charge in [0.1, 0.15) is 0 Å². The van der Waals surface area contributed by atoms with Crippen molar-refractivity contribution in [1.82, 2.24) is 20.4 Å². The average Bonchev–Trinajstić information content (AvgIpc) is 2.78. The van der Waals surface area contributed by atoms with Crippen LogP contribution < -0.4 is 10.6 Å². The number of fused-ring (bicyclic) bond motifs is 1. The molecule has 0 bridgehead atoms. The molecule has 6 heteroatoms. The van der Waals surface area contributed by atoms with Crippen LogP contribution in [0, 0.1) is 0 Å². The molecule has 2 N–H and O–H groups in total. The predicted molar refractivity (Wildman–Crippen MR) is 71.8 cm³/mol. The molecule has 0 spiro atoms. The first-order valence-electron chi connectivity index (χ1n) is 6.72. The summed E-state index contributed by atoms with van der Waals surface area (Å²) in [7, 11) is 3.60. The summed E-state index contributed by atoms with van der Waals surface area (Å²) < 4.78 is 6.82. The minimum atomic E-state index is 0.0257. The zero-order valence-electron chi connectivity index (χ0n) is 11.6. The maximum absolute atomic E-state index is 11.8. The summed E-state index contributed by atoms with van der Waals surface area (Å²) >= 11 is 0. The largest absolute Gasteiger partial charge is 0.383 e. The number of methoxy groups -OCH3 is 1. The van der Waals surface area contributed by atoms with Gasteiger partial charge in [0.15, 0.2) is 0 Å². The normalized spacial score (nSPS) is 18.1. The van der Waals surface area contributed by atoms with Crippen molar-refractivity contribution < 1.29 is 9.53 Å². The number of nitrogens with zero attached hydrogens (tertiary/aromatic N) is 2. The third-order valence-electron chi connectivity index (χ3n) is 3.48. The van der Waals surface area contributed by atoms with Crippen LogP contribution >= 0.6 is 0 Å². The Balaban J connectivity index is 1.85. The number of aromatic nitrogens is 2. The molecule has 1 atom stereocenters. The molecule has 0 aromatic carbocycles. The summed E-state index contributed by atoms with van der Waals surface area (Å²) in [5.74, 6) is 0.0257. The molecule has 1 amide bonds. The third kappa shape index (κ3) is 3.54. The Labute approximate surface area is 113 Å². The van der Waals surface area contributed by atoms with Crippen LogP contribution in [0.1, 0.15) is 30.1 Å². The van der Waals surface area contributed by atoms with Crippen LogP contribution in [0.4, 0.5) is 0 Å². The van der Waals surface area contributed by atoms with Gasteiger partial charge < -0.3 is 15.4 Å². The zero-order chi connectivity index (χ0) is 13.7. The predicted octanol–water partition coefficient (Wildman–Crippen LogP) is 0.150. The highest BCUT2D eigenvalue weighted by atomic mass is 16.5. The lowest BCUT2D eigenvalue weighted by Crippen LogP contribution is -2.38. The van der Waals surface area contributed by atoms with Gasteiger partial charge in [0.2, 0.25) is 5.91 Å². The van der Waals surface area contributed by atoms with Crippen molar-refractivity contribution in [2.45, 2.75) is 25.3 Å². The Hall–Kier alpha value is -1.40. The van der Waals surface area contributed by atoms with Crippen LogP contribution in [0.3, 0.4) is 0 Å². The van der Waals surface area contributed by atoms with Crippen LogP contribution in [0.15, 0.2) is 6.20 Å². The first kappa shape index (κ1) is 14.0. The smallest absolute Gasteiger partial charge is 0.234 e. The second-order valence-electron chi connectivity index (χ2n) is 4.85. The van der Waals surface area contributed by atoms with Crippen molar-refractivity contribution in [2.24, 2.45) is 7.05 Å². The SMILES string of the molecule is COCCNCC(=O)NC1CCCc2c1cnn2C. The number of ether oxygens (including phenoxy) is 1. The fourth-order valence-corrected chi connectivity index (χ4v) is 2.48. The van der Waals surface area contributed by atoms with Crippen molar-refractivity contribution in [3.63, 3.8) is 0 Å². The van der Waals surface area contributed by atoms with Crippen molar-refractivity contribution in [2.75, 3.05) is 26.8 Å². The van der Waals surface area contributed by atoms with Crippen LogP contribution in [-0.4, -0.2) is 42.5 Å². The number of carbonyl (C=O) groups is 1. The third-order valence-corrected chi connectivity index (χ3v) is 3.48. The van der Waals surface area contributed by atoms with E-state index < -0.39 is 0 Å². The van der Waals surface area contributed by atoms with Crippen LogP contribution in [0.25, 0.3) is 0 Å². The van der Waals surface area contributed by atoms with Gasteiger partial charge in [-0.2, -0.15) is 5.10 Å². The number of nitrogens with one attached hydrogen (secondary N) is 2. The van der Waals surface area contributed by atoms with Crippen molar-refractivity contribution in [3.05, 3.63) is 17.5 Å². The number of hydrogen-bond donors (Lipinski definition) is 2. The molecule has 0 saturated carbocycles. The minimum absolute atomic E-state index is 0.0257. The van der Waals surface area contributed by atoms with Gasteiger partial charge in [-0.3, -0.25) is 9.48 Å². The number of hydrogen-bond acceptors (Lipinski definition) is 4. The van der Waals surface area contributed by atoms with Gasteiger partial charge in [-0.25, -0.2) is 0 Å². The van der Waals surface area contributed by atoms with Crippen LogP contribution in [0.5, 0.6) is 0 Å². The number of carbonyl (C=O) groups excluding carboxylic acids is 1. The van der Waals surface area contributed by atoms with E-state index in [9.17, 15) is 4.79 Å². The van der Waals surface area contributed by atoms with E-state index in [2.05, 4.69) is 15.7 Å². The second-order valence-corrected chi connectivity index (χ2v) is 4.85. The maximum atomic E-state index is 11.8. The molecular formula is C13H22N4O2. The lowest BCUT2D eigenvalue weighted by atomic mass is 9.93. The molecule has 19 heavy (non-hydrogen) atoms. The van der Waals surface area contributed by atoms with Gasteiger partial charge in [-0.15, -0.1) is 0 Å². The molecule has 2 rings (SSSR count). The van der Waals surface area contributed by atoms with E-state index in [0.717, 1.165) is 19.3 Å². The van der Waals surface area contributed by atoms with Crippen LogP contribution in [0.2, 0.25) is 0 Å². The molecule has 1 aliphatic rings. The molecule has 1 aromatic rings. The number of amides is 1. The van der Waals surface area contributed by atoms with E-state index in [1.807, 2.05) is 17.9 Å². The Bertz CT molecular complexity index is 430. The summed E-state index contributed by atoms with van der Waals surface area (Å²) in [6.45, 7) is 1.63.